The fourth-order valence-corrected chi connectivity index (χ4v) is 4.21. The van der Waals surface area contributed by atoms with Crippen LogP contribution < -0.4 is 0 Å². The van der Waals surface area contributed by atoms with Crippen LogP contribution in [0, 0.1) is 11.8 Å². The third-order valence-electron chi connectivity index (χ3n) is 6.54. The van der Waals surface area contributed by atoms with E-state index in [0.717, 1.165) is 50.5 Å². The van der Waals surface area contributed by atoms with Crippen LogP contribution >= 0.6 is 0 Å². The normalized spacial score (nSPS) is 25.0. The molecule has 0 aromatic heterocycles. The van der Waals surface area contributed by atoms with Gasteiger partial charge < -0.3 is 19.7 Å². The van der Waals surface area contributed by atoms with Crippen LogP contribution in [0.15, 0.2) is 24.3 Å². The molecule has 1 aromatic carbocycles. The molecule has 2 aliphatic rings. The summed E-state index contributed by atoms with van der Waals surface area (Å²) < 4.78 is 10.4. The molecule has 0 aliphatic heterocycles. The Balaban J connectivity index is 0.000000257. The Kier molecular flexibility index (Phi) is 11.9. The fourth-order valence-electron chi connectivity index (χ4n) is 4.21. The lowest BCUT2D eigenvalue weighted by atomic mass is 9.87. The summed E-state index contributed by atoms with van der Waals surface area (Å²) in [4.78, 5) is 23.3. The minimum atomic E-state index is -0.234. The Hall–Kier alpha value is -1.92. The molecule has 3 rings (SSSR count). The summed E-state index contributed by atoms with van der Waals surface area (Å²) in [5, 5.41) is 18.7. The van der Waals surface area contributed by atoms with Crippen LogP contribution in [-0.2, 0) is 25.7 Å². The molecule has 2 aliphatic carbocycles. The van der Waals surface area contributed by atoms with E-state index in [-0.39, 0.29) is 36.0 Å². The van der Waals surface area contributed by atoms with Crippen LogP contribution in [0.25, 0.3) is 0 Å². The molecule has 2 saturated carbocycles. The molecule has 6 heteroatoms. The molecule has 0 bridgehead atoms. The van der Waals surface area contributed by atoms with Crippen molar-refractivity contribution in [2.45, 2.75) is 103 Å². The number of ether oxygens (including phenoxy) is 2. The van der Waals surface area contributed by atoms with Gasteiger partial charge in [-0.3, -0.25) is 9.59 Å². The number of carbonyl (C=O) groups excluding carboxylic acids is 2. The van der Waals surface area contributed by atoms with E-state index in [4.69, 9.17) is 9.47 Å². The van der Waals surface area contributed by atoms with Crippen LogP contribution in [0.2, 0.25) is 0 Å². The summed E-state index contributed by atoms with van der Waals surface area (Å²) in [6, 6.07) is 8.22. The van der Waals surface area contributed by atoms with Gasteiger partial charge in [-0.15, -0.1) is 0 Å². The Labute approximate surface area is 198 Å². The van der Waals surface area contributed by atoms with E-state index >= 15 is 0 Å². The number of carbonyl (C=O) groups is 2. The van der Waals surface area contributed by atoms with Crippen molar-refractivity contribution in [3.05, 3.63) is 35.4 Å². The molecule has 0 radical (unpaired) electrons. The molecule has 0 atom stereocenters. The van der Waals surface area contributed by atoms with E-state index in [1.54, 1.807) is 0 Å². The predicted octanol–water partition coefficient (Wildman–Crippen LogP) is 4.90. The molecule has 0 amide bonds. The zero-order valence-corrected chi connectivity index (χ0v) is 20.5. The lowest BCUT2D eigenvalue weighted by Gasteiger charge is -2.23. The summed E-state index contributed by atoms with van der Waals surface area (Å²) in [5.74, 6) is 0.321. The van der Waals surface area contributed by atoms with E-state index in [1.807, 2.05) is 19.1 Å². The van der Waals surface area contributed by atoms with Crippen molar-refractivity contribution in [1.82, 2.24) is 0 Å². The molecule has 0 spiro atoms. The van der Waals surface area contributed by atoms with Crippen molar-refractivity contribution in [3.63, 3.8) is 0 Å². The van der Waals surface area contributed by atoms with Crippen molar-refractivity contribution in [1.29, 1.82) is 0 Å². The van der Waals surface area contributed by atoms with Crippen LogP contribution in [0.1, 0.15) is 95.6 Å². The average molecular weight is 463 g/mol. The molecular weight excluding hydrogens is 420 g/mol. The standard InChI is InChI=1S/C17H24O3.C10H18O3/c1-12(2)14-5-3-13(4-6-14)11-20-17(19)15-7-9-16(18)10-8-15;1-2-7-13-10(12)8-3-5-9(11)6-4-8/h3-6,12,15-16,18H,7-11H2,1-2H3;8-9,11H,2-7H2,1H3. The first-order valence-corrected chi connectivity index (χ1v) is 12.6. The smallest absolute Gasteiger partial charge is 0.309 e. The first-order chi connectivity index (χ1) is 15.8. The van der Waals surface area contributed by atoms with Crippen molar-refractivity contribution < 1.29 is 29.3 Å². The lowest BCUT2D eigenvalue weighted by molar-refractivity contribution is -0.152. The summed E-state index contributed by atoms with van der Waals surface area (Å²) in [5.41, 5.74) is 2.32. The van der Waals surface area contributed by atoms with Gasteiger partial charge in [0.25, 0.3) is 0 Å². The maximum Gasteiger partial charge on any atom is 0.309 e. The van der Waals surface area contributed by atoms with Crippen LogP contribution in [0.4, 0.5) is 0 Å². The van der Waals surface area contributed by atoms with Crippen molar-refractivity contribution in [2.75, 3.05) is 6.61 Å². The third kappa shape index (κ3) is 9.85. The number of esters is 2. The Morgan fingerprint density at radius 1 is 0.818 bits per heavy atom. The van der Waals surface area contributed by atoms with Gasteiger partial charge in [0, 0.05) is 0 Å². The number of benzene rings is 1. The molecule has 2 fully saturated rings. The summed E-state index contributed by atoms with van der Waals surface area (Å²) in [6.45, 7) is 7.17. The number of hydrogen-bond donors (Lipinski definition) is 2. The minimum Gasteiger partial charge on any atom is -0.465 e. The van der Waals surface area contributed by atoms with E-state index in [2.05, 4.69) is 26.0 Å². The molecular formula is C27H42O6. The predicted molar refractivity (Wildman–Crippen MR) is 128 cm³/mol. The van der Waals surface area contributed by atoms with Crippen LogP contribution in [-0.4, -0.2) is 41.0 Å². The summed E-state index contributed by atoms with van der Waals surface area (Å²) in [7, 11) is 0. The highest BCUT2D eigenvalue weighted by atomic mass is 16.5. The molecule has 0 saturated heterocycles. The number of aliphatic hydroxyl groups is 2. The number of rotatable bonds is 7. The first-order valence-electron chi connectivity index (χ1n) is 12.6. The van der Waals surface area contributed by atoms with E-state index in [1.165, 1.54) is 5.56 Å². The topological polar surface area (TPSA) is 93.1 Å². The highest BCUT2D eigenvalue weighted by Gasteiger charge is 2.27. The second kappa shape index (κ2) is 14.4. The van der Waals surface area contributed by atoms with Gasteiger partial charge in [-0.2, -0.15) is 0 Å². The quantitative estimate of drug-likeness (QED) is 0.560. The van der Waals surface area contributed by atoms with Gasteiger partial charge in [0.05, 0.1) is 30.7 Å². The summed E-state index contributed by atoms with van der Waals surface area (Å²) >= 11 is 0. The van der Waals surface area contributed by atoms with Gasteiger partial charge in [0.15, 0.2) is 0 Å². The van der Waals surface area contributed by atoms with Crippen molar-refractivity contribution in [3.8, 4) is 0 Å². The van der Waals surface area contributed by atoms with Gasteiger partial charge in [-0.1, -0.05) is 45.0 Å². The second-order valence-electron chi connectivity index (χ2n) is 9.68. The zero-order valence-electron chi connectivity index (χ0n) is 20.5. The monoisotopic (exact) mass is 462 g/mol. The largest absolute Gasteiger partial charge is 0.465 e. The Morgan fingerprint density at radius 3 is 1.70 bits per heavy atom. The Bertz CT molecular complexity index is 698. The molecule has 6 nitrogen and oxygen atoms in total. The van der Waals surface area contributed by atoms with Gasteiger partial charge in [-0.25, -0.2) is 0 Å². The fraction of sp³-hybridized carbons (Fsp3) is 0.704. The van der Waals surface area contributed by atoms with E-state index in [0.29, 0.717) is 32.0 Å². The molecule has 0 unspecified atom stereocenters. The SMILES string of the molecule is CC(C)c1ccc(COC(=O)C2CCC(O)CC2)cc1.CCCOC(=O)C1CCC(O)CC1. The van der Waals surface area contributed by atoms with E-state index < -0.39 is 0 Å². The van der Waals surface area contributed by atoms with Crippen LogP contribution in [0.5, 0.6) is 0 Å². The maximum absolute atomic E-state index is 11.9. The second-order valence-corrected chi connectivity index (χ2v) is 9.68. The molecule has 0 heterocycles. The Morgan fingerprint density at radius 2 is 1.27 bits per heavy atom. The maximum atomic E-state index is 11.9. The van der Waals surface area contributed by atoms with Crippen LogP contribution in [0.3, 0.4) is 0 Å². The molecule has 186 valence electrons. The third-order valence-corrected chi connectivity index (χ3v) is 6.54. The number of hydrogen-bond acceptors (Lipinski definition) is 6. The van der Waals surface area contributed by atoms with Gasteiger partial charge in [0.2, 0.25) is 0 Å². The lowest BCUT2D eigenvalue weighted by Crippen LogP contribution is -2.25. The van der Waals surface area contributed by atoms with Crippen molar-refractivity contribution in [2.24, 2.45) is 11.8 Å². The van der Waals surface area contributed by atoms with E-state index in [9.17, 15) is 19.8 Å². The first kappa shape index (κ1) is 27.3. The highest BCUT2D eigenvalue weighted by molar-refractivity contribution is 5.72. The minimum absolute atomic E-state index is 0.0339. The molecule has 33 heavy (non-hydrogen) atoms. The summed E-state index contributed by atoms with van der Waals surface area (Å²) in [6.07, 6.45) is 6.40. The number of aliphatic hydroxyl groups excluding tert-OH is 2. The van der Waals surface area contributed by atoms with Gasteiger partial charge in [-0.05, 0) is 74.8 Å². The van der Waals surface area contributed by atoms with Crippen molar-refractivity contribution >= 4 is 11.9 Å². The zero-order chi connectivity index (χ0) is 24.2. The molecule has 1 aromatic rings. The molecule has 2 N–H and O–H groups in total. The average Bonchev–Trinajstić information content (AvgIpc) is 2.82. The van der Waals surface area contributed by atoms with Gasteiger partial charge >= 0.3 is 11.9 Å². The van der Waals surface area contributed by atoms with Gasteiger partial charge in [0.1, 0.15) is 6.61 Å². The highest BCUT2D eigenvalue weighted by Crippen LogP contribution is 2.26.